The fourth-order valence-corrected chi connectivity index (χ4v) is 4.57. The molecule has 0 saturated carbocycles. The minimum Gasteiger partial charge on any atom is -0.464 e. The maximum absolute atomic E-state index is 5.65. The van der Waals surface area contributed by atoms with Gasteiger partial charge in [0, 0.05) is 41.5 Å². The maximum Gasteiger partial charge on any atom is 0.159 e. The lowest BCUT2D eigenvalue weighted by Gasteiger charge is -2.33. The zero-order valence-corrected chi connectivity index (χ0v) is 16.7. The third kappa shape index (κ3) is 2.88. The Morgan fingerprint density at radius 1 is 0.967 bits per heavy atom. The summed E-state index contributed by atoms with van der Waals surface area (Å²) in [6.07, 6.45) is 3.66. The van der Waals surface area contributed by atoms with Crippen LogP contribution in [0.4, 0.5) is 0 Å². The molecule has 3 aromatic carbocycles. The van der Waals surface area contributed by atoms with Crippen LogP contribution in [0.25, 0.3) is 33.3 Å². The van der Waals surface area contributed by atoms with Crippen LogP contribution in [-0.2, 0) is 6.54 Å². The predicted octanol–water partition coefficient (Wildman–Crippen LogP) is 5.62. The van der Waals surface area contributed by atoms with Gasteiger partial charge in [-0.15, -0.1) is 0 Å². The Labute approximate surface area is 174 Å². The zero-order valence-electron chi connectivity index (χ0n) is 16.7. The van der Waals surface area contributed by atoms with Gasteiger partial charge in [0.05, 0.1) is 11.8 Å². The molecule has 3 heterocycles. The van der Waals surface area contributed by atoms with Gasteiger partial charge in [0.1, 0.15) is 5.58 Å². The first-order valence-electron chi connectivity index (χ1n) is 10.3. The fourth-order valence-electron chi connectivity index (χ4n) is 4.57. The van der Waals surface area contributed by atoms with E-state index < -0.39 is 0 Å². The van der Waals surface area contributed by atoms with Gasteiger partial charge in [-0.2, -0.15) is 0 Å². The minimum atomic E-state index is 0.319. The van der Waals surface area contributed by atoms with Gasteiger partial charge in [-0.1, -0.05) is 42.5 Å². The molecule has 0 spiro atoms. The number of hydrogen-bond acceptors (Lipinski definition) is 4. The molecular weight excluding hydrogens is 370 g/mol. The van der Waals surface area contributed by atoms with E-state index in [4.69, 9.17) is 9.40 Å². The Morgan fingerprint density at radius 2 is 1.90 bits per heavy atom. The van der Waals surface area contributed by atoms with E-state index in [1.807, 2.05) is 36.5 Å². The normalized spacial score (nSPS) is 16.8. The summed E-state index contributed by atoms with van der Waals surface area (Å²) >= 11 is 0. The van der Waals surface area contributed by atoms with E-state index >= 15 is 0 Å². The van der Waals surface area contributed by atoms with E-state index in [2.05, 4.69) is 53.3 Å². The standard InChI is InChI=1S/C26H21N3O/c1-29-15-21-12-19(26-27-14-20-4-2-3-5-24(20)28-26)8-9-22(21)23(16-29)18-7-6-17-10-11-30-25(17)13-18/h2-14,23H,15-16H2,1H3. The second-order valence-corrected chi connectivity index (χ2v) is 8.13. The van der Waals surface area contributed by atoms with Gasteiger partial charge in [0.2, 0.25) is 0 Å². The molecule has 1 aliphatic rings. The van der Waals surface area contributed by atoms with Crippen molar-refractivity contribution in [3.8, 4) is 11.4 Å². The van der Waals surface area contributed by atoms with Gasteiger partial charge in [-0.25, -0.2) is 9.97 Å². The third-order valence-corrected chi connectivity index (χ3v) is 6.08. The molecule has 0 bridgehead atoms. The molecule has 0 N–H and O–H groups in total. The molecule has 4 nitrogen and oxygen atoms in total. The SMILES string of the molecule is CN1Cc2cc(-c3ncc4ccccc4n3)ccc2C(c2ccc3ccoc3c2)C1. The topological polar surface area (TPSA) is 42.2 Å². The van der Waals surface area contributed by atoms with E-state index in [9.17, 15) is 0 Å². The summed E-state index contributed by atoms with van der Waals surface area (Å²) in [4.78, 5) is 11.8. The van der Waals surface area contributed by atoms with Gasteiger partial charge in [-0.3, -0.25) is 0 Å². The molecule has 0 amide bonds. The van der Waals surface area contributed by atoms with Crippen LogP contribution in [0.1, 0.15) is 22.6 Å². The van der Waals surface area contributed by atoms with Gasteiger partial charge in [-0.05, 0) is 48.0 Å². The maximum atomic E-state index is 5.65. The highest BCUT2D eigenvalue weighted by Gasteiger charge is 2.25. The van der Waals surface area contributed by atoms with Crippen LogP contribution in [-0.4, -0.2) is 28.5 Å². The molecule has 6 rings (SSSR count). The monoisotopic (exact) mass is 391 g/mol. The molecule has 5 aromatic rings. The molecule has 146 valence electrons. The number of rotatable bonds is 2. The van der Waals surface area contributed by atoms with Crippen LogP contribution < -0.4 is 0 Å². The Hall–Kier alpha value is -3.50. The first-order chi connectivity index (χ1) is 14.7. The summed E-state index contributed by atoms with van der Waals surface area (Å²) in [6.45, 7) is 1.92. The second kappa shape index (κ2) is 6.78. The summed E-state index contributed by atoms with van der Waals surface area (Å²) in [7, 11) is 2.18. The first-order valence-corrected chi connectivity index (χ1v) is 10.3. The van der Waals surface area contributed by atoms with Crippen LogP contribution in [0, 0.1) is 0 Å². The van der Waals surface area contributed by atoms with E-state index in [0.717, 1.165) is 46.3 Å². The lowest BCUT2D eigenvalue weighted by Crippen LogP contribution is -2.31. The molecule has 30 heavy (non-hydrogen) atoms. The lowest BCUT2D eigenvalue weighted by molar-refractivity contribution is 0.295. The highest BCUT2D eigenvalue weighted by Crippen LogP contribution is 2.36. The lowest BCUT2D eigenvalue weighted by atomic mass is 9.84. The van der Waals surface area contributed by atoms with Gasteiger partial charge >= 0.3 is 0 Å². The number of aromatic nitrogens is 2. The number of para-hydroxylation sites is 1. The Morgan fingerprint density at radius 3 is 2.87 bits per heavy atom. The van der Waals surface area contributed by atoms with Crippen LogP contribution in [0.5, 0.6) is 0 Å². The molecule has 0 saturated heterocycles. The Kier molecular flexibility index (Phi) is 3.93. The first kappa shape index (κ1) is 17.4. The van der Waals surface area contributed by atoms with Crippen molar-refractivity contribution in [1.82, 2.24) is 14.9 Å². The van der Waals surface area contributed by atoms with Crippen molar-refractivity contribution >= 4 is 21.9 Å². The van der Waals surface area contributed by atoms with Crippen LogP contribution in [0.15, 0.2) is 83.6 Å². The molecule has 2 aromatic heterocycles. The van der Waals surface area contributed by atoms with Crippen LogP contribution in [0.3, 0.4) is 0 Å². The quantitative estimate of drug-likeness (QED) is 0.392. The van der Waals surface area contributed by atoms with Gasteiger partial charge in [0.25, 0.3) is 0 Å². The highest BCUT2D eigenvalue weighted by molar-refractivity contribution is 5.80. The van der Waals surface area contributed by atoms with Crippen molar-refractivity contribution < 1.29 is 4.42 Å². The molecular formula is C26H21N3O. The molecule has 0 fully saturated rings. The van der Waals surface area contributed by atoms with Gasteiger partial charge < -0.3 is 9.32 Å². The zero-order chi connectivity index (χ0) is 20.1. The summed E-state index contributed by atoms with van der Waals surface area (Å²) < 4.78 is 5.65. The fraction of sp³-hybridized carbons (Fsp3) is 0.154. The van der Waals surface area contributed by atoms with Crippen LogP contribution >= 0.6 is 0 Å². The second-order valence-electron chi connectivity index (χ2n) is 8.13. The predicted molar refractivity (Wildman–Crippen MR) is 119 cm³/mol. The molecule has 1 atom stereocenters. The van der Waals surface area contributed by atoms with E-state index in [1.165, 1.54) is 16.7 Å². The molecule has 0 radical (unpaired) electrons. The van der Waals surface area contributed by atoms with Gasteiger partial charge in [0.15, 0.2) is 5.82 Å². The van der Waals surface area contributed by atoms with Crippen molar-refractivity contribution in [3.05, 3.63) is 95.9 Å². The third-order valence-electron chi connectivity index (χ3n) is 6.08. The largest absolute Gasteiger partial charge is 0.464 e. The smallest absolute Gasteiger partial charge is 0.159 e. The number of benzene rings is 3. The molecule has 4 heteroatoms. The average Bonchev–Trinajstić information content (AvgIpc) is 3.25. The van der Waals surface area contributed by atoms with Crippen molar-refractivity contribution in [1.29, 1.82) is 0 Å². The number of fused-ring (bicyclic) bond motifs is 3. The van der Waals surface area contributed by atoms with E-state index in [1.54, 1.807) is 6.26 Å². The number of nitrogens with zero attached hydrogens (tertiary/aromatic N) is 3. The molecule has 0 aliphatic carbocycles. The Balaban J connectivity index is 1.43. The minimum absolute atomic E-state index is 0.319. The summed E-state index contributed by atoms with van der Waals surface area (Å²) in [5.41, 5.74) is 6.99. The van der Waals surface area contributed by atoms with E-state index in [-0.39, 0.29) is 0 Å². The highest BCUT2D eigenvalue weighted by atomic mass is 16.3. The number of hydrogen-bond donors (Lipinski definition) is 0. The van der Waals surface area contributed by atoms with Crippen molar-refractivity contribution in [2.45, 2.75) is 12.5 Å². The summed E-state index contributed by atoms with van der Waals surface area (Å²) in [5.74, 6) is 1.10. The van der Waals surface area contributed by atoms with Crippen molar-refractivity contribution in [2.75, 3.05) is 13.6 Å². The summed E-state index contributed by atoms with van der Waals surface area (Å²) in [5, 5.41) is 2.21. The average molecular weight is 391 g/mol. The van der Waals surface area contributed by atoms with Crippen LogP contribution in [0.2, 0.25) is 0 Å². The summed E-state index contributed by atoms with van der Waals surface area (Å²) in [6, 6.07) is 23.4. The number of likely N-dealkylation sites (N-methyl/N-ethyl adjacent to an activating group) is 1. The van der Waals surface area contributed by atoms with Crippen molar-refractivity contribution in [3.63, 3.8) is 0 Å². The molecule has 1 aliphatic heterocycles. The Bertz CT molecular complexity index is 1390. The molecule has 1 unspecified atom stereocenters. The van der Waals surface area contributed by atoms with Crippen molar-refractivity contribution in [2.24, 2.45) is 0 Å². The number of furan rings is 1. The van der Waals surface area contributed by atoms with E-state index in [0.29, 0.717) is 5.92 Å².